The van der Waals surface area contributed by atoms with Crippen molar-refractivity contribution in [3.05, 3.63) is 107 Å². The van der Waals surface area contributed by atoms with E-state index in [4.69, 9.17) is 0 Å². The first kappa shape index (κ1) is 18.4. The van der Waals surface area contributed by atoms with Crippen molar-refractivity contribution in [1.29, 1.82) is 0 Å². The lowest BCUT2D eigenvalue weighted by molar-refractivity contribution is 0.281. The predicted octanol–water partition coefficient (Wildman–Crippen LogP) is 4.66. The molecule has 0 heterocycles. The Morgan fingerprint density at radius 2 is 1.00 bits per heavy atom. The van der Waals surface area contributed by atoms with Crippen molar-refractivity contribution in [2.24, 2.45) is 5.92 Å². The van der Waals surface area contributed by atoms with Gasteiger partial charge in [-0.1, -0.05) is 92.7 Å². The highest BCUT2D eigenvalue weighted by molar-refractivity contribution is 5.51. The highest BCUT2D eigenvalue weighted by atomic mass is 16.3. The van der Waals surface area contributed by atoms with E-state index < -0.39 is 0 Å². The molecule has 2 heteroatoms. The molecule has 0 spiro atoms. The molecule has 0 saturated heterocycles. The highest BCUT2D eigenvalue weighted by Gasteiger charge is 2.39. The van der Waals surface area contributed by atoms with Gasteiger partial charge in [0, 0.05) is 5.41 Å². The first-order valence-corrected chi connectivity index (χ1v) is 9.09. The molecule has 0 atom stereocenters. The topological polar surface area (TPSA) is 40.5 Å². The Labute approximate surface area is 155 Å². The molecule has 2 nitrogen and oxygen atoms in total. The van der Waals surface area contributed by atoms with Crippen LogP contribution in [0.2, 0.25) is 0 Å². The maximum absolute atomic E-state index is 9.41. The molecule has 0 aromatic heterocycles. The van der Waals surface area contributed by atoms with Crippen molar-refractivity contribution in [1.82, 2.24) is 0 Å². The minimum absolute atomic E-state index is 0.0471. The van der Waals surface area contributed by atoms with Crippen LogP contribution in [0.5, 0.6) is 0 Å². The van der Waals surface area contributed by atoms with Crippen LogP contribution in [-0.4, -0.2) is 10.2 Å². The summed E-state index contributed by atoms with van der Waals surface area (Å²) in [5.41, 5.74) is 5.16. The van der Waals surface area contributed by atoms with E-state index in [0.717, 1.165) is 11.1 Å². The van der Waals surface area contributed by atoms with Crippen LogP contribution in [-0.2, 0) is 18.6 Å². The average molecular weight is 346 g/mol. The van der Waals surface area contributed by atoms with Gasteiger partial charge in [-0.3, -0.25) is 0 Å². The normalized spacial score (nSPS) is 11.7. The van der Waals surface area contributed by atoms with Gasteiger partial charge in [0.05, 0.1) is 13.2 Å². The number of rotatable bonds is 6. The van der Waals surface area contributed by atoms with Crippen LogP contribution >= 0.6 is 0 Å². The molecule has 26 heavy (non-hydrogen) atoms. The van der Waals surface area contributed by atoms with Crippen molar-refractivity contribution in [2.75, 3.05) is 0 Å². The maximum Gasteiger partial charge on any atom is 0.0681 e. The SMILES string of the molecule is CC(C)C(c1ccccc1)(c1ccc(CO)cc1)c1ccc(CO)cc1. The third-order valence-corrected chi connectivity index (χ3v) is 5.28. The van der Waals surface area contributed by atoms with Crippen molar-refractivity contribution < 1.29 is 10.2 Å². The van der Waals surface area contributed by atoms with E-state index in [1.54, 1.807) is 0 Å². The van der Waals surface area contributed by atoms with Crippen molar-refractivity contribution in [2.45, 2.75) is 32.5 Å². The summed E-state index contributed by atoms with van der Waals surface area (Å²) >= 11 is 0. The second kappa shape index (κ2) is 7.86. The molecule has 0 radical (unpaired) electrons. The molecule has 0 unspecified atom stereocenters. The molecule has 0 aliphatic rings. The third-order valence-electron chi connectivity index (χ3n) is 5.28. The Morgan fingerprint density at radius 3 is 1.35 bits per heavy atom. The molecule has 2 N–H and O–H groups in total. The molecule has 3 aromatic carbocycles. The van der Waals surface area contributed by atoms with E-state index in [1.165, 1.54) is 16.7 Å². The van der Waals surface area contributed by atoms with Gasteiger partial charge < -0.3 is 10.2 Å². The van der Waals surface area contributed by atoms with E-state index in [9.17, 15) is 10.2 Å². The van der Waals surface area contributed by atoms with E-state index in [0.29, 0.717) is 5.92 Å². The average Bonchev–Trinajstić information content (AvgIpc) is 2.70. The van der Waals surface area contributed by atoms with Crippen LogP contribution in [0, 0.1) is 5.92 Å². The molecule has 0 aliphatic heterocycles. The van der Waals surface area contributed by atoms with Gasteiger partial charge in [-0.2, -0.15) is 0 Å². The fourth-order valence-corrected chi connectivity index (χ4v) is 3.95. The van der Waals surface area contributed by atoms with Gasteiger partial charge in [-0.15, -0.1) is 0 Å². The van der Waals surface area contributed by atoms with Gasteiger partial charge in [0.25, 0.3) is 0 Å². The summed E-state index contributed by atoms with van der Waals surface area (Å²) in [5, 5.41) is 18.8. The van der Waals surface area contributed by atoms with Gasteiger partial charge in [0.1, 0.15) is 0 Å². The Hall–Kier alpha value is -2.42. The van der Waals surface area contributed by atoms with E-state index in [-0.39, 0.29) is 18.6 Å². The molecule has 134 valence electrons. The number of hydrogen-bond acceptors (Lipinski definition) is 2. The Balaban J connectivity index is 2.27. The number of benzene rings is 3. The predicted molar refractivity (Wildman–Crippen MR) is 106 cm³/mol. The van der Waals surface area contributed by atoms with E-state index in [2.05, 4.69) is 62.4 Å². The Kier molecular flexibility index (Phi) is 5.55. The first-order valence-electron chi connectivity index (χ1n) is 9.09. The van der Waals surface area contributed by atoms with Crippen LogP contribution in [0.25, 0.3) is 0 Å². The Morgan fingerprint density at radius 1 is 0.615 bits per heavy atom. The molecule has 0 bridgehead atoms. The molecule has 0 saturated carbocycles. The quantitative estimate of drug-likeness (QED) is 0.637. The smallest absolute Gasteiger partial charge is 0.0681 e. The summed E-state index contributed by atoms with van der Waals surface area (Å²) in [4.78, 5) is 0. The molecule has 3 rings (SSSR count). The summed E-state index contributed by atoms with van der Waals surface area (Å²) in [6.07, 6.45) is 0. The largest absolute Gasteiger partial charge is 0.392 e. The third kappa shape index (κ3) is 3.18. The summed E-state index contributed by atoms with van der Waals surface area (Å²) in [7, 11) is 0. The lowest BCUT2D eigenvalue weighted by atomic mass is 9.63. The van der Waals surface area contributed by atoms with Gasteiger partial charge in [0.15, 0.2) is 0 Å². The van der Waals surface area contributed by atoms with Crippen LogP contribution < -0.4 is 0 Å². The monoisotopic (exact) mass is 346 g/mol. The summed E-state index contributed by atoms with van der Waals surface area (Å²) in [5.74, 6) is 0.310. The van der Waals surface area contributed by atoms with E-state index >= 15 is 0 Å². The summed E-state index contributed by atoms with van der Waals surface area (Å²) in [6, 6.07) is 27.0. The molecule has 0 aliphatic carbocycles. The summed E-state index contributed by atoms with van der Waals surface area (Å²) < 4.78 is 0. The van der Waals surface area contributed by atoms with Gasteiger partial charge in [0.2, 0.25) is 0 Å². The first-order chi connectivity index (χ1) is 12.6. The number of hydrogen-bond donors (Lipinski definition) is 2. The molecular weight excluding hydrogens is 320 g/mol. The zero-order valence-electron chi connectivity index (χ0n) is 15.4. The highest BCUT2D eigenvalue weighted by Crippen LogP contribution is 2.45. The molecule has 3 aromatic rings. The molecule has 0 fully saturated rings. The van der Waals surface area contributed by atoms with Crippen LogP contribution in [0.15, 0.2) is 78.9 Å². The van der Waals surface area contributed by atoms with Gasteiger partial charge in [-0.25, -0.2) is 0 Å². The molecular formula is C24H26O2. The fourth-order valence-electron chi connectivity index (χ4n) is 3.95. The zero-order chi connectivity index (χ0) is 18.6. The maximum atomic E-state index is 9.41. The lowest BCUT2D eigenvalue weighted by Crippen LogP contribution is -2.35. The van der Waals surface area contributed by atoms with Gasteiger partial charge >= 0.3 is 0 Å². The Bertz CT molecular complexity index is 771. The second-order valence-electron chi connectivity index (χ2n) is 7.04. The summed E-state index contributed by atoms with van der Waals surface area (Å²) in [6.45, 7) is 4.58. The van der Waals surface area contributed by atoms with E-state index in [1.807, 2.05) is 30.3 Å². The minimum atomic E-state index is -0.302. The van der Waals surface area contributed by atoms with Gasteiger partial charge in [-0.05, 0) is 33.7 Å². The fraction of sp³-hybridized carbons (Fsp3) is 0.250. The second-order valence-corrected chi connectivity index (χ2v) is 7.04. The number of aliphatic hydroxyl groups is 2. The lowest BCUT2D eigenvalue weighted by Gasteiger charge is -2.40. The van der Waals surface area contributed by atoms with Crippen molar-refractivity contribution in [3.8, 4) is 0 Å². The van der Waals surface area contributed by atoms with Crippen molar-refractivity contribution in [3.63, 3.8) is 0 Å². The zero-order valence-corrected chi connectivity index (χ0v) is 15.4. The van der Waals surface area contributed by atoms with Crippen LogP contribution in [0.4, 0.5) is 0 Å². The standard InChI is InChI=1S/C24H26O2/c1-18(2)24(21-6-4-3-5-7-21,22-12-8-19(16-25)9-13-22)23-14-10-20(17-26)11-15-23/h3-15,18,25-26H,16-17H2,1-2H3. The molecule has 0 amide bonds. The van der Waals surface area contributed by atoms with Crippen LogP contribution in [0.1, 0.15) is 41.7 Å². The number of aliphatic hydroxyl groups excluding tert-OH is 2. The van der Waals surface area contributed by atoms with Crippen molar-refractivity contribution >= 4 is 0 Å². The van der Waals surface area contributed by atoms with Crippen LogP contribution in [0.3, 0.4) is 0 Å². The minimum Gasteiger partial charge on any atom is -0.392 e.